The molecule has 0 amide bonds. The Labute approximate surface area is 115 Å². The van der Waals surface area contributed by atoms with Gasteiger partial charge in [0.1, 0.15) is 5.84 Å². The van der Waals surface area contributed by atoms with Crippen molar-refractivity contribution in [2.75, 3.05) is 13.1 Å². The van der Waals surface area contributed by atoms with E-state index in [2.05, 4.69) is 5.16 Å². The van der Waals surface area contributed by atoms with E-state index in [4.69, 9.17) is 10.9 Å². The Balaban J connectivity index is 3.02. The average molecular weight is 307 g/mol. The van der Waals surface area contributed by atoms with Crippen LogP contribution in [0.5, 0.6) is 0 Å². The van der Waals surface area contributed by atoms with Crippen LogP contribution in [0.1, 0.15) is 13.3 Å². The summed E-state index contributed by atoms with van der Waals surface area (Å²) in [5, 5.41) is 11.1. The lowest BCUT2D eigenvalue weighted by atomic mass is 10.3. The predicted octanol–water partition coefficient (Wildman–Crippen LogP) is 1.11. The second kappa shape index (κ2) is 6.62. The van der Waals surface area contributed by atoms with Crippen LogP contribution in [0, 0.1) is 11.6 Å². The fourth-order valence-corrected chi connectivity index (χ4v) is 2.99. The van der Waals surface area contributed by atoms with Gasteiger partial charge in [-0.25, -0.2) is 17.2 Å². The molecule has 112 valence electrons. The minimum Gasteiger partial charge on any atom is -0.409 e. The number of oxime groups is 1. The fraction of sp³-hybridized carbons (Fsp3) is 0.364. The standard InChI is InChI=1S/C11H15F2N3O3S/c1-2-16(6-5-11(14)15-17)20(18,19)8-3-4-9(12)10(13)7-8/h3-4,7,17H,2,5-6H2,1H3,(H2,14,15). The molecule has 20 heavy (non-hydrogen) atoms. The normalized spacial score (nSPS) is 12.9. The van der Waals surface area contributed by atoms with Crippen molar-refractivity contribution in [3.63, 3.8) is 0 Å². The van der Waals surface area contributed by atoms with Gasteiger partial charge in [0.15, 0.2) is 11.6 Å². The zero-order valence-electron chi connectivity index (χ0n) is 10.8. The van der Waals surface area contributed by atoms with Crippen molar-refractivity contribution in [1.29, 1.82) is 0 Å². The highest BCUT2D eigenvalue weighted by molar-refractivity contribution is 7.89. The largest absolute Gasteiger partial charge is 0.409 e. The van der Waals surface area contributed by atoms with Crippen molar-refractivity contribution in [1.82, 2.24) is 4.31 Å². The number of nitrogens with zero attached hydrogens (tertiary/aromatic N) is 2. The molecular weight excluding hydrogens is 292 g/mol. The first-order chi connectivity index (χ1) is 9.32. The summed E-state index contributed by atoms with van der Waals surface area (Å²) in [7, 11) is -3.96. The number of sulfonamides is 1. The molecule has 0 atom stereocenters. The molecule has 3 N–H and O–H groups in total. The number of benzene rings is 1. The molecule has 0 fully saturated rings. The summed E-state index contributed by atoms with van der Waals surface area (Å²) in [6.45, 7) is 1.66. The first-order valence-corrected chi connectivity index (χ1v) is 7.18. The zero-order valence-corrected chi connectivity index (χ0v) is 11.6. The summed E-state index contributed by atoms with van der Waals surface area (Å²) >= 11 is 0. The van der Waals surface area contributed by atoms with E-state index in [1.807, 2.05) is 0 Å². The van der Waals surface area contributed by atoms with Crippen LogP contribution in [0.15, 0.2) is 28.3 Å². The second-order valence-corrected chi connectivity index (χ2v) is 5.85. The maximum Gasteiger partial charge on any atom is 0.243 e. The van der Waals surface area contributed by atoms with E-state index in [1.165, 1.54) is 0 Å². The SMILES string of the molecule is CCN(CCC(N)=NO)S(=O)(=O)c1ccc(F)c(F)c1. The molecule has 6 nitrogen and oxygen atoms in total. The summed E-state index contributed by atoms with van der Waals surface area (Å²) in [5.74, 6) is -2.48. The molecule has 0 saturated heterocycles. The van der Waals surface area contributed by atoms with Crippen molar-refractivity contribution in [3.8, 4) is 0 Å². The van der Waals surface area contributed by atoms with Gasteiger partial charge in [0.25, 0.3) is 0 Å². The van der Waals surface area contributed by atoms with Crippen LogP contribution in [-0.4, -0.2) is 36.9 Å². The van der Waals surface area contributed by atoms with Gasteiger partial charge in [0.2, 0.25) is 10.0 Å². The first kappa shape index (κ1) is 16.3. The van der Waals surface area contributed by atoms with Crippen LogP contribution in [-0.2, 0) is 10.0 Å². The topological polar surface area (TPSA) is 96.0 Å². The van der Waals surface area contributed by atoms with Crippen LogP contribution >= 0.6 is 0 Å². The molecular formula is C11H15F2N3O3S. The van der Waals surface area contributed by atoms with Gasteiger partial charge < -0.3 is 10.9 Å². The van der Waals surface area contributed by atoms with Gasteiger partial charge in [0.05, 0.1) is 4.90 Å². The average Bonchev–Trinajstić information content (AvgIpc) is 2.41. The van der Waals surface area contributed by atoms with E-state index < -0.39 is 21.7 Å². The molecule has 0 unspecified atom stereocenters. The molecule has 0 aliphatic carbocycles. The molecule has 0 heterocycles. The molecule has 1 rings (SSSR count). The Kier molecular flexibility index (Phi) is 5.40. The van der Waals surface area contributed by atoms with Crippen LogP contribution in [0.25, 0.3) is 0 Å². The van der Waals surface area contributed by atoms with Gasteiger partial charge >= 0.3 is 0 Å². The first-order valence-electron chi connectivity index (χ1n) is 5.74. The molecule has 0 bridgehead atoms. The van der Waals surface area contributed by atoms with Gasteiger partial charge in [-0.2, -0.15) is 4.31 Å². The smallest absolute Gasteiger partial charge is 0.243 e. The number of rotatable bonds is 6. The molecule has 0 radical (unpaired) electrons. The third-order valence-electron chi connectivity index (χ3n) is 2.63. The fourth-order valence-electron chi connectivity index (χ4n) is 1.52. The Morgan fingerprint density at radius 2 is 2.05 bits per heavy atom. The lowest BCUT2D eigenvalue weighted by molar-refractivity contribution is 0.315. The van der Waals surface area contributed by atoms with Crippen LogP contribution in [0.2, 0.25) is 0 Å². The molecule has 0 aliphatic rings. The number of amidine groups is 1. The third-order valence-corrected chi connectivity index (χ3v) is 4.60. The van der Waals surface area contributed by atoms with Crippen molar-refractivity contribution in [2.45, 2.75) is 18.2 Å². The van der Waals surface area contributed by atoms with E-state index in [0.29, 0.717) is 6.07 Å². The van der Waals surface area contributed by atoms with E-state index in [1.54, 1.807) is 6.92 Å². The van der Waals surface area contributed by atoms with Crippen LogP contribution < -0.4 is 5.73 Å². The molecule has 0 saturated carbocycles. The van der Waals surface area contributed by atoms with Gasteiger partial charge in [-0.05, 0) is 18.2 Å². The Morgan fingerprint density at radius 1 is 1.40 bits per heavy atom. The van der Waals surface area contributed by atoms with Gasteiger partial charge in [0, 0.05) is 19.5 Å². The minimum atomic E-state index is -3.96. The Bertz CT molecular complexity index is 605. The molecule has 0 aromatic heterocycles. The van der Waals surface area contributed by atoms with Crippen molar-refractivity contribution < 1.29 is 22.4 Å². The summed E-state index contributed by atoms with van der Waals surface area (Å²) in [6, 6.07) is 2.36. The van der Waals surface area contributed by atoms with Crippen LogP contribution in [0.3, 0.4) is 0 Å². The Morgan fingerprint density at radius 3 is 2.55 bits per heavy atom. The third kappa shape index (κ3) is 3.64. The minimum absolute atomic E-state index is 0.0211. The lowest BCUT2D eigenvalue weighted by Gasteiger charge is -2.20. The molecule has 0 aliphatic heterocycles. The second-order valence-electron chi connectivity index (χ2n) is 3.91. The lowest BCUT2D eigenvalue weighted by Crippen LogP contribution is -2.34. The number of hydrogen-bond acceptors (Lipinski definition) is 4. The maximum atomic E-state index is 13.1. The monoisotopic (exact) mass is 307 g/mol. The van der Waals surface area contributed by atoms with Crippen LogP contribution in [0.4, 0.5) is 8.78 Å². The van der Waals surface area contributed by atoms with E-state index >= 15 is 0 Å². The Hall–Kier alpha value is -1.74. The van der Waals surface area contributed by atoms with Gasteiger partial charge in [-0.3, -0.25) is 0 Å². The summed E-state index contributed by atoms with van der Waals surface area (Å²) in [6.07, 6.45) is 0.0211. The summed E-state index contributed by atoms with van der Waals surface area (Å²) < 4.78 is 51.4. The molecule has 9 heteroatoms. The highest BCUT2D eigenvalue weighted by Crippen LogP contribution is 2.18. The summed E-state index contributed by atoms with van der Waals surface area (Å²) in [5.41, 5.74) is 5.27. The number of hydrogen-bond donors (Lipinski definition) is 2. The number of halogens is 2. The maximum absolute atomic E-state index is 13.1. The summed E-state index contributed by atoms with van der Waals surface area (Å²) in [4.78, 5) is -0.349. The highest BCUT2D eigenvalue weighted by Gasteiger charge is 2.24. The molecule has 1 aromatic carbocycles. The van der Waals surface area contributed by atoms with Gasteiger partial charge in [-0.1, -0.05) is 12.1 Å². The molecule has 0 spiro atoms. The van der Waals surface area contributed by atoms with Crippen molar-refractivity contribution in [3.05, 3.63) is 29.8 Å². The van der Waals surface area contributed by atoms with Crippen molar-refractivity contribution in [2.24, 2.45) is 10.9 Å². The van der Waals surface area contributed by atoms with E-state index in [0.717, 1.165) is 16.4 Å². The van der Waals surface area contributed by atoms with Crippen molar-refractivity contribution >= 4 is 15.9 Å². The quantitative estimate of drug-likeness (QED) is 0.356. The number of nitrogens with two attached hydrogens (primary N) is 1. The van der Waals surface area contributed by atoms with E-state index in [9.17, 15) is 17.2 Å². The molecule has 1 aromatic rings. The zero-order chi connectivity index (χ0) is 15.3. The predicted molar refractivity (Wildman–Crippen MR) is 68.8 cm³/mol. The van der Waals surface area contributed by atoms with Gasteiger partial charge in [-0.15, -0.1) is 0 Å². The van der Waals surface area contributed by atoms with E-state index in [-0.39, 0.29) is 30.2 Å². The highest BCUT2D eigenvalue weighted by atomic mass is 32.2.